The molecule has 0 atom stereocenters. The van der Waals surface area contributed by atoms with Crippen molar-refractivity contribution in [3.05, 3.63) is 114 Å². The summed E-state index contributed by atoms with van der Waals surface area (Å²) in [5.74, 6) is 1.20. The minimum atomic E-state index is -4.08. The summed E-state index contributed by atoms with van der Waals surface area (Å²) in [6.45, 7) is 5.55. The molecule has 1 N–H and O–H groups in total. The number of carbonyl (C=O) groups excluding carboxylic acids is 2. The van der Waals surface area contributed by atoms with Crippen molar-refractivity contribution in [2.75, 3.05) is 13.6 Å². The van der Waals surface area contributed by atoms with Gasteiger partial charge in [0.2, 0.25) is 0 Å². The van der Waals surface area contributed by atoms with E-state index in [1.54, 1.807) is 35.2 Å². The molecule has 4 aromatic carbocycles. The van der Waals surface area contributed by atoms with Gasteiger partial charge in [0, 0.05) is 37.7 Å². The largest absolute Gasteiger partial charge is 0.426 e. The highest BCUT2D eigenvalue weighted by Gasteiger charge is 2.20. The number of sulfonamides is 1. The molecule has 2 amide bonds. The molecule has 9 nitrogen and oxygen atoms in total. The Bertz CT molecular complexity index is 1950. The average molecular weight is 653 g/mol. The summed E-state index contributed by atoms with van der Waals surface area (Å²) in [5, 5.41) is 0. The Morgan fingerprint density at radius 1 is 0.872 bits per heavy atom. The Balaban J connectivity index is 1.37. The predicted octanol–water partition coefficient (Wildman–Crippen LogP) is 7.44. The van der Waals surface area contributed by atoms with Gasteiger partial charge in [-0.05, 0) is 60.4 Å². The van der Waals surface area contributed by atoms with Crippen LogP contribution in [0.5, 0.6) is 5.75 Å². The fraction of sp³-hybridized carbons (Fsp3) is 0.270. The lowest BCUT2D eigenvalue weighted by atomic mass is 10.0. The summed E-state index contributed by atoms with van der Waals surface area (Å²) in [5.41, 5.74) is 4.90. The SMILES string of the molecule is CCCCc1nc2ccc(C(=O)N(C)CCCC)cc2n1Cc1ccc(-c2ccccc2OC(=O)NS(=O)(=O)c2ccccc2)cc1. The van der Waals surface area contributed by atoms with Gasteiger partial charge in [-0.2, -0.15) is 0 Å². The second-order valence-electron chi connectivity index (χ2n) is 11.5. The first-order chi connectivity index (χ1) is 22.7. The number of benzene rings is 4. The molecule has 5 rings (SSSR count). The fourth-order valence-corrected chi connectivity index (χ4v) is 6.27. The summed E-state index contributed by atoms with van der Waals surface area (Å²) in [6.07, 6.45) is 3.76. The lowest BCUT2D eigenvalue weighted by molar-refractivity contribution is 0.0793. The number of hydrogen-bond donors (Lipinski definition) is 1. The number of aryl methyl sites for hydroxylation is 1. The topological polar surface area (TPSA) is 111 Å². The van der Waals surface area contributed by atoms with E-state index < -0.39 is 16.1 Å². The summed E-state index contributed by atoms with van der Waals surface area (Å²) in [4.78, 5) is 32.5. The van der Waals surface area contributed by atoms with Gasteiger partial charge in [-0.15, -0.1) is 0 Å². The predicted molar refractivity (Wildman–Crippen MR) is 184 cm³/mol. The highest BCUT2D eigenvalue weighted by molar-refractivity contribution is 7.90. The van der Waals surface area contributed by atoms with Crippen molar-refractivity contribution in [1.29, 1.82) is 0 Å². The third kappa shape index (κ3) is 8.07. The average Bonchev–Trinajstić information content (AvgIpc) is 3.42. The van der Waals surface area contributed by atoms with Crippen LogP contribution in [0, 0.1) is 0 Å². The first-order valence-electron chi connectivity index (χ1n) is 15.9. The molecule has 0 aliphatic rings. The zero-order valence-electron chi connectivity index (χ0n) is 27.0. The number of carbonyl (C=O) groups is 2. The minimum Gasteiger partial charge on any atom is -0.409 e. The molecule has 0 saturated heterocycles. The van der Waals surface area contributed by atoms with Crippen molar-refractivity contribution in [3.8, 4) is 16.9 Å². The third-order valence-corrected chi connectivity index (χ3v) is 9.32. The molecule has 0 fully saturated rings. The molecule has 0 radical (unpaired) electrons. The first kappa shape index (κ1) is 33.4. The van der Waals surface area contributed by atoms with Crippen LogP contribution in [0.25, 0.3) is 22.2 Å². The van der Waals surface area contributed by atoms with Gasteiger partial charge in [0.1, 0.15) is 11.6 Å². The van der Waals surface area contributed by atoms with E-state index in [4.69, 9.17) is 9.72 Å². The molecule has 1 heterocycles. The van der Waals surface area contributed by atoms with E-state index in [9.17, 15) is 18.0 Å². The summed E-state index contributed by atoms with van der Waals surface area (Å²) < 4.78 is 34.8. The van der Waals surface area contributed by atoms with Crippen LogP contribution in [0.1, 0.15) is 61.3 Å². The van der Waals surface area contributed by atoms with E-state index in [1.165, 1.54) is 12.1 Å². The van der Waals surface area contributed by atoms with Crippen LogP contribution in [-0.2, 0) is 23.0 Å². The third-order valence-electron chi connectivity index (χ3n) is 7.99. The van der Waals surface area contributed by atoms with E-state index in [-0.39, 0.29) is 16.6 Å². The molecule has 5 aromatic rings. The second-order valence-corrected chi connectivity index (χ2v) is 13.2. The summed E-state index contributed by atoms with van der Waals surface area (Å²) >= 11 is 0. The van der Waals surface area contributed by atoms with Gasteiger partial charge in [-0.25, -0.2) is 22.9 Å². The maximum atomic E-state index is 13.2. The van der Waals surface area contributed by atoms with Gasteiger partial charge in [-0.3, -0.25) is 4.79 Å². The standard InChI is InChI=1S/C37H40N4O5S/c1-4-6-17-35-38-32-23-22-29(36(42)40(3)24-7-5-2)25-33(32)41(35)26-27-18-20-28(21-19-27)31-15-11-12-16-34(31)46-37(43)39-47(44,45)30-13-9-8-10-14-30/h8-16,18-23,25H,4-7,17,24,26H2,1-3H3,(H,39,43). The van der Waals surface area contributed by atoms with Crippen molar-refractivity contribution >= 4 is 33.1 Å². The quantitative estimate of drug-likeness (QED) is 0.142. The lowest BCUT2D eigenvalue weighted by Gasteiger charge is -2.17. The van der Waals surface area contributed by atoms with Crippen LogP contribution in [0.15, 0.2) is 102 Å². The molecule has 0 aliphatic carbocycles. The number of fused-ring (bicyclic) bond motifs is 1. The molecule has 1 aromatic heterocycles. The number of aromatic nitrogens is 2. The maximum absolute atomic E-state index is 13.2. The van der Waals surface area contributed by atoms with Gasteiger partial charge in [0.15, 0.2) is 0 Å². The molecule has 10 heteroatoms. The van der Waals surface area contributed by atoms with E-state index in [0.29, 0.717) is 24.2 Å². The van der Waals surface area contributed by atoms with Gasteiger partial charge in [0.05, 0.1) is 15.9 Å². The molecular formula is C37H40N4O5S. The Hall–Kier alpha value is -4.96. The molecule has 0 unspecified atom stereocenters. The van der Waals surface area contributed by atoms with Gasteiger partial charge >= 0.3 is 6.09 Å². The number of imidazole rings is 1. The lowest BCUT2D eigenvalue weighted by Crippen LogP contribution is -2.33. The van der Waals surface area contributed by atoms with Crippen LogP contribution in [0.4, 0.5) is 4.79 Å². The van der Waals surface area contributed by atoms with Crippen LogP contribution in [0.3, 0.4) is 0 Å². The highest BCUT2D eigenvalue weighted by atomic mass is 32.2. The number of hydrogen-bond acceptors (Lipinski definition) is 6. The molecule has 244 valence electrons. The zero-order chi connectivity index (χ0) is 33.4. The van der Waals surface area contributed by atoms with E-state index in [1.807, 2.05) is 66.4 Å². The molecule has 47 heavy (non-hydrogen) atoms. The Labute approximate surface area is 276 Å². The first-order valence-corrected chi connectivity index (χ1v) is 17.4. The van der Waals surface area contributed by atoms with E-state index >= 15 is 0 Å². The monoisotopic (exact) mass is 652 g/mol. The van der Waals surface area contributed by atoms with Gasteiger partial charge in [0.25, 0.3) is 15.9 Å². The number of para-hydroxylation sites is 1. The normalized spacial score (nSPS) is 11.4. The summed E-state index contributed by atoms with van der Waals surface area (Å²) in [7, 11) is -2.24. The van der Waals surface area contributed by atoms with Crippen LogP contribution in [-0.4, -0.2) is 48.5 Å². The van der Waals surface area contributed by atoms with E-state index in [2.05, 4.69) is 18.4 Å². The van der Waals surface area contributed by atoms with Gasteiger partial charge < -0.3 is 14.2 Å². The number of nitrogens with one attached hydrogen (secondary N) is 1. The molecule has 0 spiro atoms. The van der Waals surface area contributed by atoms with Crippen LogP contribution < -0.4 is 9.46 Å². The van der Waals surface area contributed by atoms with Gasteiger partial charge in [-0.1, -0.05) is 87.4 Å². The number of ether oxygens (including phenoxy) is 1. The van der Waals surface area contributed by atoms with Crippen LogP contribution >= 0.6 is 0 Å². The maximum Gasteiger partial charge on any atom is 0.426 e. The smallest absolute Gasteiger partial charge is 0.409 e. The Morgan fingerprint density at radius 3 is 2.30 bits per heavy atom. The molecule has 0 bridgehead atoms. The van der Waals surface area contributed by atoms with Crippen molar-refractivity contribution in [1.82, 2.24) is 19.2 Å². The Morgan fingerprint density at radius 2 is 1.57 bits per heavy atom. The minimum absolute atomic E-state index is 0.000193. The summed E-state index contributed by atoms with van der Waals surface area (Å²) in [6, 6.07) is 28.3. The second kappa shape index (κ2) is 15.1. The van der Waals surface area contributed by atoms with E-state index in [0.717, 1.165) is 60.1 Å². The van der Waals surface area contributed by atoms with Crippen molar-refractivity contribution in [2.24, 2.45) is 0 Å². The fourth-order valence-electron chi connectivity index (χ4n) is 5.38. The number of unbranched alkanes of at least 4 members (excludes halogenated alkanes) is 2. The molecule has 0 saturated carbocycles. The van der Waals surface area contributed by atoms with Crippen molar-refractivity contribution in [3.63, 3.8) is 0 Å². The zero-order valence-corrected chi connectivity index (χ0v) is 27.8. The molecular weight excluding hydrogens is 612 g/mol. The Kier molecular flexibility index (Phi) is 10.7. The van der Waals surface area contributed by atoms with Crippen LogP contribution in [0.2, 0.25) is 0 Å². The number of amides is 2. The number of rotatable bonds is 13. The van der Waals surface area contributed by atoms with Crippen molar-refractivity contribution in [2.45, 2.75) is 57.4 Å². The molecule has 0 aliphatic heterocycles. The van der Waals surface area contributed by atoms with Crippen molar-refractivity contribution < 1.29 is 22.7 Å². The highest BCUT2D eigenvalue weighted by Crippen LogP contribution is 2.31. The number of nitrogens with zero attached hydrogens (tertiary/aromatic N) is 3.